The number of nitrogens with zero attached hydrogens (tertiary/aromatic N) is 4. The average molecular weight is 506 g/mol. The van der Waals surface area contributed by atoms with E-state index in [0.717, 1.165) is 16.8 Å². The number of aromatic nitrogens is 5. The molecule has 3 heterocycles. The van der Waals surface area contributed by atoms with Crippen LogP contribution in [-0.4, -0.2) is 36.9 Å². The van der Waals surface area contributed by atoms with Crippen molar-refractivity contribution in [3.05, 3.63) is 81.3 Å². The van der Waals surface area contributed by atoms with Crippen LogP contribution in [0.1, 0.15) is 18.9 Å². The number of hydrogen-bond donors (Lipinski definition) is 2. The average Bonchev–Trinajstić information content (AvgIpc) is 2.80. The third-order valence-corrected chi connectivity index (χ3v) is 5.45. The first kappa shape index (κ1) is 24.9. The molecule has 0 radical (unpaired) electrons. The molecule has 0 aliphatic carbocycles. The van der Waals surface area contributed by atoms with Gasteiger partial charge in [-0.1, -0.05) is 0 Å². The van der Waals surface area contributed by atoms with Crippen LogP contribution in [0.5, 0.6) is 0 Å². The first-order valence-electron chi connectivity index (χ1n) is 10.7. The summed E-state index contributed by atoms with van der Waals surface area (Å²) in [5.74, 6) is -0.695. The van der Waals surface area contributed by atoms with E-state index < -0.39 is 53.1 Å². The van der Waals surface area contributed by atoms with E-state index in [2.05, 4.69) is 20.4 Å². The highest BCUT2D eigenvalue weighted by molar-refractivity contribution is 5.86. The van der Waals surface area contributed by atoms with Crippen molar-refractivity contribution >= 4 is 16.5 Å². The fourth-order valence-corrected chi connectivity index (χ4v) is 3.87. The summed E-state index contributed by atoms with van der Waals surface area (Å²) in [6, 6.07) is 3.19. The maximum Gasteiger partial charge on any atom is 0.423 e. The minimum atomic E-state index is -4.94. The summed E-state index contributed by atoms with van der Waals surface area (Å²) in [6.07, 6.45) is -0.477. The number of benzene rings is 1. The number of hydrogen-bond acceptors (Lipinski definition) is 6. The molecule has 2 atom stereocenters. The molecule has 0 aliphatic heterocycles. The summed E-state index contributed by atoms with van der Waals surface area (Å²) in [4.78, 5) is 32.4. The molecule has 4 aromatic rings. The Morgan fingerprint density at radius 3 is 2.64 bits per heavy atom. The third-order valence-electron chi connectivity index (χ3n) is 5.45. The van der Waals surface area contributed by atoms with Crippen LogP contribution in [-0.2, 0) is 12.7 Å². The van der Waals surface area contributed by atoms with Gasteiger partial charge in [0.05, 0.1) is 35.7 Å². The topological polar surface area (TPSA) is 106 Å². The quantitative estimate of drug-likeness (QED) is 0.368. The first-order valence-corrected chi connectivity index (χ1v) is 10.7. The van der Waals surface area contributed by atoms with Gasteiger partial charge in [-0.25, -0.2) is 13.9 Å². The molecule has 0 saturated carbocycles. The zero-order chi connectivity index (χ0) is 26.0. The predicted octanol–water partition coefficient (Wildman–Crippen LogP) is 3.93. The van der Waals surface area contributed by atoms with Crippen LogP contribution in [0.25, 0.3) is 22.0 Å². The maximum atomic E-state index is 14.8. The van der Waals surface area contributed by atoms with Gasteiger partial charge in [0.2, 0.25) is 0 Å². The molecule has 0 spiro atoms. The second-order valence-electron chi connectivity index (χ2n) is 8.15. The molecule has 2 N–H and O–H groups in total. The van der Waals surface area contributed by atoms with Gasteiger partial charge in [0.25, 0.3) is 11.1 Å². The van der Waals surface area contributed by atoms with Crippen LogP contribution in [0.3, 0.4) is 0 Å². The van der Waals surface area contributed by atoms with Gasteiger partial charge >= 0.3 is 6.18 Å². The highest BCUT2D eigenvalue weighted by Crippen LogP contribution is 2.32. The van der Waals surface area contributed by atoms with Crippen LogP contribution in [0.2, 0.25) is 0 Å². The molecule has 4 rings (SSSR count). The van der Waals surface area contributed by atoms with E-state index in [0.29, 0.717) is 5.39 Å². The van der Waals surface area contributed by atoms with Crippen molar-refractivity contribution in [2.45, 2.75) is 38.3 Å². The van der Waals surface area contributed by atoms with Crippen LogP contribution in [0.4, 0.5) is 27.6 Å². The number of anilines is 1. The van der Waals surface area contributed by atoms with Gasteiger partial charge in [-0.15, -0.1) is 0 Å². The van der Waals surface area contributed by atoms with E-state index in [1.54, 1.807) is 5.10 Å². The van der Waals surface area contributed by atoms with Gasteiger partial charge in [-0.05, 0) is 30.5 Å². The molecule has 13 heteroatoms. The first-order chi connectivity index (χ1) is 17.0. The monoisotopic (exact) mass is 506 g/mol. The van der Waals surface area contributed by atoms with E-state index in [-0.39, 0.29) is 23.1 Å². The fraction of sp³-hybridized carbons (Fsp3) is 0.261. The molecule has 0 fully saturated rings. The number of nitrogens with one attached hydrogen (secondary N) is 2. The molecule has 8 nitrogen and oxygen atoms in total. The summed E-state index contributed by atoms with van der Waals surface area (Å²) >= 11 is 0. The zero-order valence-corrected chi connectivity index (χ0v) is 18.7. The fourth-order valence-electron chi connectivity index (χ4n) is 3.87. The summed E-state index contributed by atoms with van der Waals surface area (Å²) in [7, 11) is 0. The Hall–Kier alpha value is -4.16. The Morgan fingerprint density at radius 1 is 1.17 bits per heavy atom. The molecule has 0 amide bonds. The molecule has 3 aromatic heterocycles. The predicted molar refractivity (Wildman–Crippen MR) is 122 cm³/mol. The van der Waals surface area contributed by atoms with Crippen molar-refractivity contribution in [3.8, 4) is 11.3 Å². The highest BCUT2D eigenvalue weighted by atomic mass is 19.4. The van der Waals surface area contributed by atoms with Gasteiger partial charge in [0.1, 0.15) is 17.6 Å². The normalized spacial score (nSPS) is 13.5. The number of rotatable bonds is 7. The molecule has 188 valence electrons. The second-order valence-corrected chi connectivity index (χ2v) is 8.15. The van der Waals surface area contributed by atoms with Crippen LogP contribution in [0, 0.1) is 5.82 Å². The molecule has 1 aromatic carbocycles. The highest BCUT2D eigenvalue weighted by Gasteiger charge is 2.37. The van der Waals surface area contributed by atoms with Gasteiger partial charge in [0.15, 0.2) is 0 Å². The van der Waals surface area contributed by atoms with Crippen LogP contribution >= 0.6 is 0 Å². The smallest absolute Gasteiger partial charge is 0.381 e. The number of pyridine rings is 1. The van der Waals surface area contributed by atoms with Crippen LogP contribution < -0.4 is 16.4 Å². The third kappa shape index (κ3) is 5.24. The minimum Gasteiger partial charge on any atom is -0.381 e. The Kier molecular flexibility index (Phi) is 6.82. The summed E-state index contributed by atoms with van der Waals surface area (Å²) < 4.78 is 70.2. The van der Waals surface area contributed by atoms with Crippen molar-refractivity contribution in [1.82, 2.24) is 24.7 Å². The SMILES string of the molecule is C[C@H](C[C@@H](F)Cn1ccc2cc(-c3cnccn3)c(F)cc2c1=O)Nc1cn[nH]c(=O)c1C(F)(F)F. The van der Waals surface area contributed by atoms with E-state index in [1.807, 2.05) is 0 Å². The van der Waals surface area contributed by atoms with E-state index >= 15 is 0 Å². The summed E-state index contributed by atoms with van der Waals surface area (Å²) in [5.41, 5.74) is -3.65. The maximum absolute atomic E-state index is 14.8. The lowest BCUT2D eigenvalue weighted by Gasteiger charge is -2.20. The molecular weight excluding hydrogens is 487 g/mol. The van der Waals surface area contributed by atoms with Crippen molar-refractivity contribution in [2.24, 2.45) is 0 Å². The summed E-state index contributed by atoms with van der Waals surface area (Å²) in [5, 5.41) is 7.99. The molecule has 0 aliphatic rings. The van der Waals surface area contributed by atoms with Gasteiger partial charge < -0.3 is 9.88 Å². The van der Waals surface area contributed by atoms with E-state index in [1.165, 1.54) is 43.8 Å². The van der Waals surface area contributed by atoms with Crippen molar-refractivity contribution in [1.29, 1.82) is 0 Å². The summed E-state index contributed by atoms with van der Waals surface area (Å²) in [6.45, 7) is 1.02. The lowest BCUT2D eigenvalue weighted by Crippen LogP contribution is -2.30. The number of fused-ring (bicyclic) bond motifs is 1. The van der Waals surface area contributed by atoms with Crippen molar-refractivity contribution < 1.29 is 22.0 Å². The Balaban J connectivity index is 1.51. The Morgan fingerprint density at radius 2 is 1.94 bits per heavy atom. The Bertz CT molecular complexity index is 1500. The number of halogens is 5. The zero-order valence-electron chi connectivity index (χ0n) is 18.7. The molecule has 0 unspecified atom stereocenters. The number of H-pyrrole nitrogens is 1. The number of alkyl halides is 4. The lowest BCUT2D eigenvalue weighted by molar-refractivity contribution is -0.138. The van der Waals surface area contributed by atoms with Crippen LogP contribution in [0.15, 0.2) is 58.8 Å². The Labute approximate surface area is 199 Å². The molecule has 0 bridgehead atoms. The second kappa shape index (κ2) is 9.84. The van der Waals surface area contributed by atoms with Gasteiger partial charge in [-0.3, -0.25) is 19.6 Å². The van der Waals surface area contributed by atoms with Gasteiger partial charge in [0, 0.05) is 36.6 Å². The lowest BCUT2D eigenvalue weighted by atomic mass is 10.1. The van der Waals surface area contributed by atoms with Gasteiger partial charge in [-0.2, -0.15) is 18.3 Å². The molecule has 0 saturated heterocycles. The van der Waals surface area contributed by atoms with Crippen molar-refractivity contribution in [2.75, 3.05) is 5.32 Å². The number of aromatic amines is 1. The van der Waals surface area contributed by atoms with E-state index in [4.69, 9.17) is 0 Å². The van der Waals surface area contributed by atoms with Crippen molar-refractivity contribution in [3.63, 3.8) is 0 Å². The molecule has 36 heavy (non-hydrogen) atoms. The molecular formula is C23H19F5N6O2. The standard InChI is InChI=1S/C23H19F5N6O2/c1-12(32-19-10-31-33-21(35)20(19)23(26,27)28)6-14(24)11-34-5-2-13-7-16(18-9-29-3-4-30-18)17(25)8-15(13)22(34)36/h2-5,7-10,12,14H,6,11H2,1H3,(H2,32,33,35)/t12-,14-/m1/s1. The largest absolute Gasteiger partial charge is 0.423 e. The van der Waals surface area contributed by atoms with E-state index in [9.17, 15) is 31.5 Å². The minimum absolute atomic E-state index is 0.0328.